The Balaban J connectivity index is 1.45. The second-order valence-corrected chi connectivity index (χ2v) is 26.5. The molecule has 4 heterocycles. The van der Waals surface area contributed by atoms with Crippen molar-refractivity contribution in [3.63, 3.8) is 0 Å². The van der Waals surface area contributed by atoms with Crippen LogP contribution in [-0.4, -0.2) is 96.5 Å². The zero-order valence-corrected chi connectivity index (χ0v) is 35.1. The first-order valence-corrected chi connectivity index (χ1v) is 26.7. The van der Waals surface area contributed by atoms with E-state index in [-0.39, 0.29) is 17.8 Å². The van der Waals surface area contributed by atoms with Crippen molar-refractivity contribution >= 4 is 152 Å². The lowest BCUT2D eigenvalue weighted by atomic mass is 9.99. The van der Waals surface area contributed by atoms with E-state index in [0.717, 1.165) is 104 Å². The van der Waals surface area contributed by atoms with Crippen LogP contribution in [0, 0.1) is 5.41 Å². The lowest BCUT2D eigenvalue weighted by molar-refractivity contribution is 0.275. The summed E-state index contributed by atoms with van der Waals surface area (Å²) in [6.45, 7) is 11.6. The average molecular weight is 845 g/mol. The number of carbonyl (C=O) groups is 4. The molecule has 4 aliphatic heterocycles. The number of hydrogen-bond donors (Lipinski definition) is 0. The van der Waals surface area contributed by atoms with Crippen molar-refractivity contribution in [1.82, 2.24) is 17.2 Å². The Morgan fingerprint density at radius 2 is 0.733 bits per heavy atom. The molecule has 0 unspecified atom stereocenters. The van der Waals surface area contributed by atoms with Crippen LogP contribution >= 0.6 is 134 Å². The second kappa shape index (κ2) is 21.3. The van der Waals surface area contributed by atoms with Gasteiger partial charge in [0.25, 0.3) is 17.8 Å². The second-order valence-electron chi connectivity index (χ2n) is 11.2. The fourth-order valence-electron chi connectivity index (χ4n) is 4.56. The van der Waals surface area contributed by atoms with Gasteiger partial charge in [-0.1, -0.05) is 57.0 Å². The molecule has 0 radical (unpaired) electrons. The predicted octanol–water partition coefficient (Wildman–Crippen LogP) is 11.6. The number of rotatable bonds is 14. The third kappa shape index (κ3) is 14.3. The molecule has 0 aromatic rings. The molecule has 0 aromatic carbocycles. The highest BCUT2D eigenvalue weighted by Gasteiger charge is 2.50. The van der Waals surface area contributed by atoms with Crippen LogP contribution in [0.5, 0.6) is 0 Å². The molecule has 4 saturated heterocycles. The van der Waals surface area contributed by atoms with E-state index in [2.05, 4.69) is 31.1 Å². The van der Waals surface area contributed by atoms with Crippen molar-refractivity contribution in [3.8, 4) is 0 Å². The molecule has 0 atom stereocenters. The summed E-state index contributed by atoms with van der Waals surface area (Å²) in [5, 5.41) is 0. The summed E-state index contributed by atoms with van der Waals surface area (Å²) in [7, 11) is 10.8. The summed E-state index contributed by atoms with van der Waals surface area (Å²) in [6, 6.07) is 0. The van der Waals surface area contributed by atoms with Gasteiger partial charge < -0.3 is 0 Å². The van der Waals surface area contributed by atoms with Gasteiger partial charge in [-0.15, -0.1) is 0 Å². The largest absolute Gasteiger partial charge is 0.272 e. The van der Waals surface area contributed by atoms with Gasteiger partial charge in [0.05, 0.1) is 0 Å². The van der Waals surface area contributed by atoms with Crippen LogP contribution in [0.4, 0.5) is 19.2 Å². The fraction of sp³-hybridized carbons (Fsp3) is 0.840. The van der Waals surface area contributed by atoms with E-state index in [1.807, 2.05) is 0 Å². The lowest BCUT2D eigenvalue weighted by Crippen LogP contribution is -2.36. The molecule has 45 heavy (non-hydrogen) atoms. The Hall–Kier alpha value is 2.72. The summed E-state index contributed by atoms with van der Waals surface area (Å²) >= 11 is 5.13. The third-order valence-electron chi connectivity index (χ3n) is 7.11. The molecule has 4 aliphatic rings. The molecular weight excluding hydrogens is 805 g/mol. The van der Waals surface area contributed by atoms with Gasteiger partial charge in [0.15, 0.2) is 0 Å². The highest BCUT2D eigenvalue weighted by molar-refractivity contribution is 9.01. The molecule has 256 valence electrons. The molecule has 4 fully saturated rings. The molecule has 0 amide bonds. The maximum Gasteiger partial charge on any atom is 0.271 e. The van der Waals surface area contributed by atoms with Crippen molar-refractivity contribution in [2.24, 2.45) is 5.41 Å². The van der Waals surface area contributed by atoms with Crippen LogP contribution < -0.4 is 0 Å². The first-order chi connectivity index (χ1) is 21.6. The van der Waals surface area contributed by atoms with E-state index in [1.54, 1.807) is 0 Å². The SMILES string of the molecule is CC(C)(CSSC(=O)SN1CCCC1)C(SSC(=O)SN1CCCC1)(SSC(=O)SN1CCCC1)SSC(=O)SN1CCCC1. The van der Waals surface area contributed by atoms with E-state index in [4.69, 9.17) is 0 Å². The number of carbonyl (C=O) groups excluding carboxylic acids is 4. The summed E-state index contributed by atoms with van der Waals surface area (Å²) in [6.07, 6.45) is 8.87. The van der Waals surface area contributed by atoms with Crippen molar-refractivity contribution in [3.05, 3.63) is 0 Å². The van der Waals surface area contributed by atoms with Crippen molar-refractivity contribution in [1.29, 1.82) is 0 Å². The van der Waals surface area contributed by atoms with Crippen molar-refractivity contribution in [2.45, 2.75) is 68.6 Å². The van der Waals surface area contributed by atoms with E-state index in [1.165, 1.54) is 134 Å². The predicted molar refractivity (Wildman–Crippen MR) is 217 cm³/mol. The van der Waals surface area contributed by atoms with Gasteiger partial charge in [0.2, 0.25) is 0 Å². The fourth-order valence-corrected chi connectivity index (χ4v) is 23.9. The Kier molecular flexibility index (Phi) is 19.2. The smallest absolute Gasteiger partial charge is 0.271 e. The van der Waals surface area contributed by atoms with Crippen LogP contribution in [0.25, 0.3) is 0 Å². The monoisotopic (exact) mass is 844 g/mol. The first kappa shape index (κ1) is 40.5. The summed E-state index contributed by atoms with van der Waals surface area (Å²) in [5.41, 5.74) is -0.480. The van der Waals surface area contributed by atoms with Gasteiger partial charge in [-0.05, 0) is 94.5 Å². The summed E-state index contributed by atoms with van der Waals surface area (Å²) < 4.78 is 7.83. The van der Waals surface area contributed by atoms with Gasteiger partial charge in [-0.3, -0.25) is 19.2 Å². The van der Waals surface area contributed by atoms with Crippen LogP contribution in [0.3, 0.4) is 0 Å². The normalized spacial score (nSPS) is 20.8. The van der Waals surface area contributed by atoms with E-state index in [0.29, 0.717) is 5.75 Å². The number of hydrogen-bond acceptors (Lipinski definition) is 20. The van der Waals surface area contributed by atoms with Gasteiger partial charge in [0.1, 0.15) is 3.41 Å². The van der Waals surface area contributed by atoms with Crippen LogP contribution in [0.15, 0.2) is 0 Å². The van der Waals surface area contributed by atoms with E-state index < -0.39 is 8.83 Å². The Bertz CT molecular complexity index is 908. The molecule has 0 N–H and O–H groups in total. The molecule has 4 rings (SSSR count). The minimum absolute atomic E-state index is 0.00744. The highest BCUT2D eigenvalue weighted by atomic mass is 33.2. The van der Waals surface area contributed by atoms with Crippen LogP contribution in [-0.2, 0) is 0 Å². The molecule has 8 nitrogen and oxygen atoms in total. The van der Waals surface area contributed by atoms with E-state index in [9.17, 15) is 19.2 Å². The minimum Gasteiger partial charge on any atom is -0.272 e. The Morgan fingerprint density at radius 1 is 0.467 bits per heavy atom. The molecular formula is C25H40N4O4S12. The first-order valence-electron chi connectivity index (χ1n) is 14.9. The topological polar surface area (TPSA) is 81.2 Å². The van der Waals surface area contributed by atoms with E-state index >= 15 is 0 Å². The molecule has 0 aliphatic carbocycles. The van der Waals surface area contributed by atoms with Gasteiger partial charge in [-0.25, -0.2) is 17.2 Å². The minimum atomic E-state index is -0.755. The third-order valence-corrected chi connectivity index (χ3v) is 26.3. The summed E-state index contributed by atoms with van der Waals surface area (Å²) in [4.78, 5) is 52.3. The van der Waals surface area contributed by atoms with Gasteiger partial charge >= 0.3 is 0 Å². The Labute approximate surface area is 317 Å². The van der Waals surface area contributed by atoms with Crippen LogP contribution in [0.1, 0.15) is 65.2 Å². The maximum absolute atomic E-state index is 13.2. The zero-order valence-electron chi connectivity index (χ0n) is 25.3. The standard InChI is InChI=1S/C25H40N4O4S12/c1-24(2,19-34-39-20(30)35-26-11-3-4-12-26)25(43-40-21(31)36-27-13-5-6-14-27,44-41-22(32)37-28-15-7-8-16-28)45-42-23(33)38-29-17-9-10-18-29/h3-19H2,1-2H3. The van der Waals surface area contributed by atoms with Crippen molar-refractivity contribution in [2.75, 3.05) is 58.1 Å². The average Bonchev–Trinajstić information content (AvgIpc) is 3.83. The number of nitrogens with zero attached hydrogens (tertiary/aromatic N) is 4. The quantitative estimate of drug-likeness (QED) is 0.0944. The molecule has 0 spiro atoms. The molecule has 0 saturated carbocycles. The van der Waals surface area contributed by atoms with Crippen molar-refractivity contribution < 1.29 is 19.2 Å². The van der Waals surface area contributed by atoms with Gasteiger partial charge in [-0.2, -0.15) is 0 Å². The molecule has 0 aromatic heterocycles. The molecule has 20 heteroatoms. The van der Waals surface area contributed by atoms with Crippen LogP contribution in [0.2, 0.25) is 0 Å². The zero-order chi connectivity index (χ0) is 32.1. The maximum atomic E-state index is 13.2. The lowest BCUT2D eigenvalue weighted by Gasteiger charge is -2.42. The highest BCUT2D eigenvalue weighted by Crippen LogP contribution is 2.69. The van der Waals surface area contributed by atoms with Gasteiger partial charge in [0, 0.05) is 111 Å². The Morgan fingerprint density at radius 3 is 1.02 bits per heavy atom. The molecule has 0 bridgehead atoms. The summed E-state index contributed by atoms with van der Waals surface area (Å²) in [5.74, 6) is 0.604.